The van der Waals surface area contributed by atoms with Gasteiger partial charge in [-0.2, -0.15) is 0 Å². The third kappa shape index (κ3) is 4.76. The Hall–Kier alpha value is -2.48. The molecule has 6 nitrogen and oxygen atoms in total. The Kier molecular flexibility index (Phi) is 5.86. The van der Waals surface area contributed by atoms with Gasteiger partial charge < -0.3 is 5.32 Å². The minimum Gasteiger partial charge on any atom is -0.305 e. The number of rotatable bonds is 4. The summed E-state index contributed by atoms with van der Waals surface area (Å²) in [5.41, 5.74) is 2.71. The maximum atomic E-state index is 13.4. The summed E-state index contributed by atoms with van der Waals surface area (Å²) >= 11 is 1.13. The van der Waals surface area contributed by atoms with Crippen LogP contribution in [0.1, 0.15) is 17.0 Å². The molecule has 24 heavy (non-hydrogen) atoms. The lowest BCUT2D eigenvalue weighted by atomic mass is 10.2. The highest BCUT2D eigenvalue weighted by molar-refractivity contribution is 7.99. The molecule has 0 aliphatic heterocycles. The number of hydrogen-bond donors (Lipinski definition) is 2. The van der Waals surface area contributed by atoms with Crippen molar-refractivity contribution in [2.24, 2.45) is 0 Å². The number of carbonyl (C=O) groups is 2. The first-order valence-corrected chi connectivity index (χ1v) is 8.15. The van der Waals surface area contributed by atoms with E-state index < -0.39 is 17.8 Å². The Balaban J connectivity index is 1.87. The molecule has 0 atom stereocenters. The molecule has 0 aliphatic rings. The van der Waals surface area contributed by atoms with Crippen LogP contribution in [-0.4, -0.2) is 27.7 Å². The zero-order chi connectivity index (χ0) is 17.7. The molecule has 0 radical (unpaired) electrons. The fourth-order valence-corrected chi connectivity index (χ4v) is 2.55. The van der Waals surface area contributed by atoms with Gasteiger partial charge in [-0.1, -0.05) is 23.9 Å². The summed E-state index contributed by atoms with van der Waals surface area (Å²) in [6, 6.07) is 4.91. The Morgan fingerprint density at radius 2 is 1.75 bits per heavy atom. The third-order valence-corrected chi connectivity index (χ3v) is 4.17. The predicted octanol–water partition coefficient (Wildman–Crippen LogP) is 2.98. The van der Waals surface area contributed by atoms with Crippen molar-refractivity contribution in [3.05, 3.63) is 47.0 Å². The third-order valence-electron chi connectivity index (χ3n) is 3.32. The first-order chi connectivity index (χ1) is 11.4. The van der Waals surface area contributed by atoms with E-state index in [2.05, 4.69) is 20.6 Å². The molecule has 1 heterocycles. The highest BCUT2D eigenvalue weighted by Gasteiger charge is 2.12. The van der Waals surface area contributed by atoms with Crippen LogP contribution in [0, 0.1) is 26.6 Å². The second-order valence-electron chi connectivity index (χ2n) is 5.07. The molecule has 1 aromatic heterocycles. The number of halogens is 1. The number of aryl methyl sites for hydroxylation is 2. The average molecular weight is 348 g/mol. The van der Waals surface area contributed by atoms with Gasteiger partial charge in [0.2, 0.25) is 5.91 Å². The maximum Gasteiger partial charge on any atom is 0.325 e. The van der Waals surface area contributed by atoms with Gasteiger partial charge in [-0.25, -0.2) is 19.2 Å². The summed E-state index contributed by atoms with van der Waals surface area (Å²) < 4.78 is 13.4. The average Bonchev–Trinajstić information content (AvgIpc) is 2.52. The van der Waals surface area contributed by atoms with Crippen molar-refractivity contribution < 1.29 is 14.0 Å². The minimum absolute atomic E-state index is 0.00331. The van der Waals surface area contributed by atoms with Gasteiger partial charge in [-0.05, 0) is 38.5 Å². The molecule has 2 N–H and O–H groups in total. The zero-order valence-corrected chi connectivity index (χ0v) is 14.3. The number of thioether (sulfide) groups is 1. The van der Waals surface area contributed by atoms with Gasteiger partial charge in [0.1, 0.15) is 5.82 Å². The van der Waals surface area contributed by atoms with Crippen molar-refractivity contribution in [3.63, 3.8) is 0 Å². The number of aromatic nitrogens is 2. The van der Waals surface area contributed by atoms with Gasteiger partial charge in [0.05, 0.1) is 11.4 Å². The molecule has 2 aromatic rings. The molecule has 0 unspecified atom stereocenters. The molecular weight excluding hydrogens is 331 g/mol. The van der Waals surface area contributed by atoms with Crippen molar-refractivity contribution in [3.8, 4) is 0 Å². The number of imide groups is 1. The number of amides is 3. The van der Waals surface area contributed by atoms with Crippen molar-refractivity contribution in [2.75, 3.05) is 11.1 Å². The fourth-order valence-electron chi connectivity index (χ4n) is 1.81. The molecule has 0 aliphatic carbocycles. The number of nitrogens with one attached hydrogen (secondary N) is 2. The monoisotopic (exact) mass is 348 g/mol. The number of para-hydroxylation sites is 1. The van der Waals surface area contributed by atoms with E-state index in [-0.39, 0.29) is 11.4 Å². The van der Waals surface area contributed by atoms with E-state index in [4.69, 9.17) is 0 Å². The molecule has 2 rings (SSSR count). The van der Waals surface area contributed by atoms with E-state index in [1.807, 2.05) is 20.8 Å². The molecule has 8 heteroatoms. The SMILES string of the molecule is Cc1nc(SCC(=O)NC(=O)Nc2ccccc2F)nc(C)c1C. The highest BCUT2D eigenvalue weighted by atomic mass is 32.2. The van der Waals surface area contributed by atoms with Crippen LogP contribution in [-0.2, 0) is 4.79 Å². The van der Waals surface area contributed by atoms with Gasteiger partial charge >= 0.3 is 6.03 Å². The second kappa shape index (κ2) is 7.87. The summed E-state index contributed by atoms with van der Waals surface area (Å²) in [5.74, 6) is -1.12. The van der Waals surface area contributed by atoms with Crippen LogP contribution in [0.15, 0.2) is 29.4 Å². The lowest BCUT2D eigenvalue weighted by Gasteiger charge is -2.08. The van der Waals surface area contributed by atoms with Crippen LogP contribution in [0.3, 0.4) is 0 Å². The Bertz CT molecular complexity index is 759. The van der Waals surface area contributed by atoms with E-state index in [1.54, 1.807) is 6.07 Å². The number of carbonyl (C=O) groups excluding carboxylic acids is 2. The van der Waals surface area contributed by atoms with Gasteiger partial charge in [0.25, 0.3) is 0 Å². The van der Waals surface area contributed by atoms with Crippen LogP contribution in [0.2, 0.25) is 0 Å². The number of hydrogen-bond acceptors (Lipinski definition) is 5. The zero-order valence-electron chi connectivity index (χ0n) is 13.5. The number of benzene rings is 1. The first-order valence-electron chi connectivity index (χ1n) is 7.17. The summed E-state index contributed by atoms with van der Waals surface area (Å²) in [6.07, 6.45) is 0. The molecule has 0 saturated carbocycles. The fraction of sp³-hybridized carbons (Fsp3) is 0.250. The van der Waals surface area contributed by atoms with Crippen molar-refractivity contribution >= 4 is 29.4 Å². The lowest BCUT2D eigenvalue weighted by Crippen LogP contribution is -2.35. The largest absolute Gasteiger partial charge is 0.325 e. The minimum atomic E-state index is -0.789. The Morgan fingerprint density at radius 3 is 2.38 bits per heavy atom. The summed E-state index contributed by atoms with van der Waals surface area (Å²) in [7, 11) is 0. The van der Waals surface area contributed by atoms with E-state index in [0.29, 0.717) is 5.16 Å². The summed E-state index contributed by atoms with van der Waals surface area (Å²) in [4.78, 5) is 32.1. The Labute approximate surface area is 143 Å². The topological polar surface area (TPSA) is 84.0 Å². The predicted molar refractivity (Wildman–Crippen MR) is 90.5 cm³/mol. The molecule has 3 amide bonds. The van der Waals surface area contributed by atoms with Gasteiger partial charge in [0.15, 0.2) is 5.16 Å². The first kappa shape index (κ1) is 17.9. The number of nitrogens with zero attached hydrogens (tertiary/aromatic N) is 2. The van der Waals surface area contributed by atoms with E-state index in [0.717, 1.165) is 28.7 Å². The van der Waals surface area contributed by atoms with Crippen LogP contribution in [0.5, 0.6) is 0 Å². The molecule has 0 bridgehead atoms. The molecule has 0 spiro atoms. The second-order valence-corrected chi connectivity index (χ2v) is 6.02. The van der Waals surface area contributed by atoms with Gasteiger partial charge in [0, 0.05) is 11.4 Å². The van der Waals surface area contributed by atoms with E-state index >= 15 is 0 Å². The van der Waals surface area contributed by atoms with Crippen LogP contribution in [0.4, 0.5) is 14.9 Å². The summed E-state index contributed by atoms with van der Waals surface area (Å²) in [6.45, 7) is 5.67. The molecule has 1 aromatic carbocycles. The highest BCUT2D eigenvalue weighted by Crippen LogP contribution is 2.17. The molecule has 0 fully saturated rings. The lowest BCUT2D eigenvalue weighted by molar-refractivity contribution is -0.117. The standard InChI is InChI=1S/C16H17FN4O2S/c1-9-10(2)18-16(19-11(9)3)24-8-14(22)21-15(23)20-13-7-5-4-6-12(13)17/h4-7H,8H2,1-3H3,(H2,20,21,22,23). The molecule has 0 saturated heterocycles. The smallest absolute Gasteiger partial charge is 0.305 e. The molecule has 126 valence electrons. The Morgan fingerprint density at radius 1 is 1.12 bits per heavy atom. The number of urea groups is 1. The van der Waals surface area contributed by atoms with Crippen LogP contribution < -0.4 is 10.6 Å². The van der Waals surface area contributed by atoms with E-state index in [1.165, 1.54) is 18.2 Å². The quantitative estimate of drug-likeness (QED) is 0.655. The number of anilines is 1. The maximum absolute atomic E-state index is 13.4. The van der Waals surface area contributed by atoms with Crippen molar-refractivity contribution in [1.29, 1.82) is 0 Å². The van der Waals surface area contributed by atoms with Crippen LogP contribution >= 0.6 is 11.8 Å². The van der Waals surface area contributed by atoms with Crippen molar-refractivity contribution in [2.45, 2.75) is 25.9 Å². The van der Waals surface area contributed by atoms with Gasteiger partial charge in [-0.3, -0.25) is 10.1 Å². The van der Waals surface area contributed by atoms with Crippen LogP contribution in [0.25, 0.3) is 0 Å². The normalized spacial score (nSPS) is 10.3. The summed E-state index contributed by atoms with van der Waals surface area (Å²) in [5, 5.41) is 4.89. The molecular formula is C16H17FN4O2S. The van der Waals surface area contributed by atoms with Gasteiger partial charge in [-0.15, -0.1) is 0 Å². The van der Waals surface area contributed by atoms with Crippen molar-refractivity contribution in [1.82, 2.24) is 15.3 Å². The van der Waals surface area contributed by atoms with E-state index in [9.17, 15) is 14.0 Å².